The molecule has 0 aliphatic carbocycles. The lowest BCUT2D eigenvalue weighted by Gasteiger charge is -2.14. The standard InChI is InChI=1S/C15H24N4O5S/c16-13(20)9-22-6-7-23-14(17)10-24-12-3-1-2-11(8-12)15(21)18-4-5-19-25/h1-3,8,14,19,25H,4-7,9-10,17H2,(H2,16,20)(H,18,21). The van der Waals surface area contributed by atoms with Gasteiger partial charge >= 0.3 is 0 Å². The van der Waals surface area contributed by atoms with Crippen molar-refractivity contribution in [3.05, 3.63) is 29.8 Å². The third-order valence-corrected chi connectivity index (χ3v) is 3.06. The van der Waals surface area contributed by atoms with Crippen molar-refractivity contribution < 1.29 is 23.8 Å². The quantitative estimate of drug-likeness (QED) is 0.171. The van der Waals surface area contributed by atoms with Gasteiger partial charge in [0.25, 0.3) is 5.91 Å². The molecule has 0 spiro atoms. The van der Waals surface area contributed by atoms with E-state index in [-0.39, 0.29) is 32.3 Å². The van der Waals surface area contributed by atoms with Crippen molar-refractivity contribution in [3.63, 3.8) is 0 Å². The number of amides is 2. The molecule has 0 radical (unpaired) electrons. The van der Waals surface area contributed by atoms with Crippen molar-refractivity contribution >= 4 is 24.6 Å². The van der Waals surface area contributed by atoms with Gasteiger partial charge in [0.05, 0.1) is 13.2 Å². The molecule has 0 saturated heterocycles. The van der Waals surface area contributed by atoms with E-state index in [1.807, 2.05) is 0 Å². The maximum atomic E-state index is 11.9. The maximum Gasteiger partial charge on any atom is 0.251 e. The summed E-state index contributed by atoms with van der Waals surface area (Å²) in [5.74, 6) is -0.247. The summed E-state index contributed by atoms with van der Waals surface area (Å²) in [6, 6.07) is 6.73. The lowest BCUT2D eigenvalue weighted by Crippen LogP contribution is -2.32. The topological polar surface area (TPSA) is 138 Å². The SMILES string of the molecule is NC(=O)COCCOC(N)COc1cccc(C(=O)NCCNS)c1. The lowest BCUT2D eigenvalue weighted by atomic mass is 10.2. The molecule has 2 amide bonds. The summed E-state index contributed by atoms with van der Waals surface area (Å²) < 4.78 is 18.4. The van der Waals surface area contributed by atoms with Gasteiger partial charge in [-0.3, -0.25) is 14.3 Å². The highest BCUT2D eigenvalue weighted by atomic mass is 32.1. The number of primary amides is 1. The van der Waals surface area contributed by atoms with E-state index in [1.54, 1.807) is 24.3 Å². The first-order chi connectivity index (χ1) is 12.0. The summed E-state index contributed by atoms with van der Waals surface area (Å²) in [5.41, 5.74) is 11.2. The van der Waals surface area contributed by atoms with Crippen LogP contribution in [0, 0.1) is 0 Å². The van der Waals surface area contributed by atoms with E-state index in [2.05, 4.69) is 22.9 Å². The van der Waals surface area contributed by atoms with Crippen LogP contribution in [0.1, 0.15) is 10.4 Å². The first-order valence-electron chi connectivity index (χ1n) is 7.64. The molecule has 1 rings (SSSR count). The van der Waals surface area contributed by atoms with E-state index in [9.17, 15) is 9.59 Å². The Morgan fingerprint density at radius 2 is 2.04 bits per heavy atom. The summed E-state index contributed by atoms with van der Waals surface area (Å²) in [6.45, 7) is 1.37. The van der Waals surface area contributed by atoms with Crippen LogP contribution in [0.25, 0.3) is 0 Å². The lowest BCUT2D eigenvalue weighted by molar-refractivity contribution is -0.123. The van der Waals surface area contributed by atoms with Gasteiger partial charge in [0.15, 0.2) is 0 Å². The molecular formula is C15H24N4O5S. The maximum absolute atomic E-state index is 11.9. The fraction of sp³-hybridized carbons (Fsp3) is 0.467. The van der Waals surface area contributed by atoms with Crippen LogP contribution < -0.4 is 26.2 Å². The molecule has 0 saturated carbocycles. The molecule has 1 atom stereocenters. The van der Waals surface area contributed by atoms with Gasteiger partial charge in [-0.2, -0.15) is 0 Å². The first-order valence-corrected chi connectivity index (χ1v) is 8.09. The Bertz CT molecular complexity index is 546. The second kappa shape index (κ2) is 12.5. The largest absolute Gasteiger partial charge is 0.489 e. The number of rotatable bonds is 13. The minimum atomic E-state index is -0.670. The van der Waals surface area contributed by atoms with E-state index in [4.69, 9.17) is 25.7 Å². The van der Waals surface area contributed by atoms with E-state index >= 15 is 0 Å². The van der Waals surface area contributed by atoms with Crippen molar-refractivity contribution in [3.8, 4) is 5.75 Å². The predicted octanol–water partition coefficient (Wildman–Crippen LogP) is -0.967. The molecule has 1 unspecified atom stereocenters. The van der Waals surface area contributed by atoms with Crippen LogP contribution in [-0.4, -0.2) is 57.6 Å². The summed E-state index contributed by atoms with van der Waals surface area (Å²) in [6.07, 6.45) is -0.670. The van der Waals surface area contributed by atoms with Crippen molar-refractivity contribution in [2.75, 3.05) is 39.5 Å². The molecule has 0 heterocycles. The minimum Gasteiger partial charge on any atom is -0.489 e. The van der Waals surface area contributed by atoms with Gasteiger partial charge in [0, 0.05) is 18.7 Å². The minimum absolute atomic E-state index is 0.102. The number of benzene rings is 1. The average molecular weight is 372 g/mol. The highest BCUT2D eigenvalue weighted by Crippen LogP contribution is 2.13. The molecule has 140 valence electrons. The summed E-state index contributed by atoms with van der Waals surface area (Å²) in [5, 5.41) is 2.74. The van der Waals surface area contributed by atoms with Crippen molar-refractivity contribution in [1.29, 1.82) is 0 Å². The molecule has 0 aliphatic rings. The van der Waals surface area contributed by atoms with Crippen LogP contribution in [0.4, 0.5) is 0 Å². The molecule has 0 fully saturated rings. The summed E-state index contributed by atoms with van der Waals surface area (Å²) >= 11 is 3.85. The van der Waals surface area contributed by atoms with Crippen LogP contribution >= 0.6 is 12.8 Å². The average Bonchev–Trinajstić information content (AvgIpc) is 2.59. The fourth-order valence-electron chi connectivity index (χ4n) is 1.72. The normalized spacial score (nSPS) is 11.8. The number of hydrogen-bond acceptors (Lipinski definition) is 8. The molecule has 9 nitrogen and oxygen atoms in total. The Balaban J connectivity index is 2.30. The van der Waals surface area contributed by atoms with Gasteiger partial charge in [-0.15, -0.1) is 0 Å². The van der Waals surface area contributed by atoms with Crippen molar-refractivity contribution in [2.24, 2.45) is 11.5 Å². The van der Waals surface area contributed by atoms with Crippen LogP contribution in [0.5, 0.6) is 5.75 Å². The van der Waals surface area contributed by atoms with Gasteiger partial charge in [0.1, 0.15) is 25.2 Å². The molecule has 6 N–H and O–H groups in total. The molecule has 0 aliphatic heterocycles. The number of hydrogen-bond donors (Lipinski definition) is 5. The smallest absolute Gasteiger partial charge is 0.251 e. The number of nitrogens with two attached hydrogens (primary N) is 2. The predicted molar refractivity (Wildman–Crippen MR) is 95.2 cm³/mol. The van der Waals surface area contributed by atoms with Crippen LogP contribution in [0.2, 0.25) is 0 Å². The van der Waals surface area contributed by atoms with E-state index in [0.29, 0.717) is 24.4 Å². The zero-order chi connectivity index (χ0) is 18.5. The second-order valence-corrected chi connectivity index (χ2v) is 5.25. The second-order valence-electron chi connectivity index (χ2n) is 4.93. The number of carbonyl (C=O) groups excluding carboxylic acids is 2. The monoisotopic (exact) mass is 372 g/mol. The zero-order valence-electron chi connectivity index (χ0n) is 13.8. The fourth-order valence-corrected chi connectivity index (χ4v) is 1.83. The van der Waals surface area contributed by atoms with Crippen LogP contribution in [-0.2, 0) is 14.3 Å². The van der Waals surface area contributed by atoms with Crippen molar-refractivity contribution in [1.82, 2.24) is 10.0 Å². The first kappa shape index (κ1) is 21.2. The highest BCUT2D eigenvalue weighted by Gasteiger charge is 2.08. The molecule has 25 heavy (non-hydrogen) atoms. The molecular weight excluding hydrogens is 348 g/mol. The Kier molecular flexibility index (Phi) is 10.6. The number of thiol groups is 1. The Hall–Kier alpha value is -1.85. The summed E-state index contributed by atoms with van der Waals surface area (Å²) in [4.78, 5) is 22.4. The molecule has 1 aromatic carbocycles. The van der Waals surface area contributed by atoms with Crippen LogP contribution in [0.15, 0.2) is 24.3 Å². The number of ether oxygens (including phenoxy) is 3. The Morgan fingerprint density at radius 3 is 2.76 bits per heavy atom. The molecule has 1 aromatic rings. The third-order valence-electron chi connectivity index (χ3n) is 2.84. The molecule has 0 bridgehead atoms. The summed E-state index contributed by atoms with van der Waals surface area (Å²) in [7, 11) is 0. The Morgan fingerprint density at radius 1 is 1.24 bits per heavy atom. The van der Waals surface area contributed by atoms with E-state index in [1.165, 1.54) is 0 Å². The third kappa shape index (κ3) is 9.89. The van der Waals surface area contributed by atoms with E-state index < -0.39 is 12.1 Å². The Labute approximate surface area is 151 Å². The number of nitrogens with one attached hydrogen (secondary N) is 2. The van der Waals surface area contributed by atoms with Crippen molar-refractivity contribution in [2.45, 2.75) is 6.23 Å². The van der Waals surface area contributed by atoms with Crippen LogP contribution in [0.3, 0.4) is 0 Å². The molecule has 0 aromatic heterocycles. The molecule has 10 heteroatoms. The van der Waals surface area contributed by atoms with Gasteiger partial charge in [-0.05, 0) is 18.2 Å². The zero-order valence-corrected chi connectivity index (χ0v) is 14.7. The van der Waals surface area contributed by atoms with Gasteiger partial charge < -0.3 is 31.0 Å². The number of carbonyl (C=O) groups is 2. The van der Waals surface area contributed by atoms with E-state index in [0.717, 1.165) is 0 Å². The highest BCUT2D eigenvalue weighted by molar-refractivity contribution is 7.78. The van der Waals surface area contributed by atoms with Gasteiger partial charge in [-0.25, -0.2) is 0 Å². The van der Waals surface area contributed by atoms with Gasteiger partial charge in [-0.1, -0.05) is 18.9 Å². The van der Waals surface area contributed by atoms with Gasteiger partial charge in [0.2, 0.25) is 5.91 Å².